The van der Waals surface area contributed by atoms with Crippen LogP contribution >= 0.6 is 0 Å². The molecule has 4 unspecified atom stereocenters. The van der Waals surface area contributed by atoms with Crippen LogP contribution in [0.15, 0.2) is 142 Å². The van der Waals surface area contributed by atoms with Crippen LogP contribution in [0, 0.1) is 5.92 Å². The van der Waals surface area contributed by atoms with Crippen LogP contribution < -0.4 is 15.4 Å². The summed E-state index contributed by atoms with van der Waals surface area (Å²) in [7, 11) is 0. The van der Waals surface area contributed by atoms with Gasteiger partial charge in [-0.05, 0) is 73.6 Å². The van der Waals surface area contributed by atoms with Crippen molar-refractivity contribution in [1.29, 1.82) is 0 Å². The third kappa shape index (κ3) is 3.74. The Kier molecular flexibility index (Phi) is 5.86. The van der Waals surface area contributed by atoms with E-state index in [2.05, 4.69) is 121 Å². The number of aromatic nitrogens is 1. The number of hydrogen-bond donors (Lipinski definition) is 0. The number of benzene rings is 3. The van der Waals surface area contributed by atoms with Gasteiger partial charge in [-0.15, -0.1) is 0 Å². The van der Waals surface area contributed by atoms with Crippen LogP contribution in [-0.2, 0) is 11.8 Å². The summed E-state index contributed by atoms with van der Waals surface area (Å²) in [6.07, 6.45) is 27.5. The van der Waals surface area contributed by atoms with Crippen LogP contribution in [0.2, 0.25) is 0 Å². The molecule has 6 aliphatic rings. The van der Waals surface area contributed by atoms with Gasteiger partial charge in [0, 0.05) is 67.8 Å². The Morgan fingerprint density at radius 2 is 1.75 bits per heavy atom. The van der Waals surface area contributed by atoms with Crippen molar-refractivity contribution in [3.05, 3.63) is 183 Å². The van der Waals surface area contributed by atoms with Crippen LogP contribution in [-0.4, -0.2) is 4.98 Å². The van der Waals surface area contributed by atoms with E-state index in [4.69, 9.17) is 18.6 Å². The van der Waals surface area contributed by atoms with Crippen LogP contribution in [0.4, 0.5) is 0 Å². The van der Waals surface area contributed by atoms with E-state index in [0.717, 1.165) is 77.2 Å². The number of ether oxygens (including phenoxy) is 1. The predicted molar refractivity (Wildman–Crippen MR) is 205 cm³/mol. The molecule has 0 amide bonds. The van der Waals surface area contributed by atoms with E-state index in [1.165, 1.54) is 49.4 Å². The van der Waals surface area contributed by atoms with Crippen molar-refractivity contribution in [2.45, 2.75) is 49.4 Å². The van der Waals surface area contributed by atoms with E-state index in [0.29, 0.717) is 0 Å². The Balaban J connectivity index is 1.08. The van der Waals surface area contributed by atoms with Crippen molar-refractivity contribution >= 4 is 39.7 Å². The number of hydrogen-bond acceptors (Lipinski definition) is 4. The summed E-state index contributed by atoms with van der Waals surface area (Å²) in [5.41, 5.74) is 12.3. The summed E-state index contributed by atoms with van der Waals surface area (Å²) in [6, 6.07) is 26.4. The van der Waals surface area contributed by atoms with Gasteiger partial charge < -0.3 is 13.6 Å². The number of aryl methyl sites for hydroxylation is 1. The Hall–Kier alpha value is -5.87. The van der Waals surface area contributed by atoms with Crippen LogP contribution in [0.25, 0.3) is 39.7 Å². The summed E-state index contributed by atoms with van der Waals surface area (Å²) >= 11 is 0. The fourth-order valence-corrected chi connectivity index (χ4v) is 10.4. The lowest BCUT2D eigenvalue weighted by Gasteiger charge is -2.46. The number of nitrogens with zero attached hydrogens (tertiary/aromatic N) is 1. The smallest absolute Gasteiger partial charge is 0.138 e. The first kappa shape index (κ1) is 28.8. The summed E-state index contributed by atoms with van der Waals surface area (Å²) in [4.78, 5) is 5.06. The van der Waals surface area contributed by atoms with Gasteiger partial charge in [0.05, 0.1) is 11.1 Å². The van der Waals surface area contributed by atoms with Crippen LogP contribution in [0.3, 0.4) is 0 Å². The van der Waals surface area contributed by atoms with Crippen molar-refractivity contribution in [2.75, 3.05) is 0 Å². The van der Waals surface area contributed by atoms with Gasteiger partial charge in [0.25, 0.3) is 0 Å². The monoisotopic (exact) mass is 673 g/mol. The Labute approximate surface area is 301 Å². The molecule has 12 rings (SSSR count). The molecule has 4 heterocycles. The fourth-order valence-electron chi connectivity index (χ4n) is 10.4. The molecule has 1 spiro atoms. The molecule has 5 aliphatic carbocycles. The Morgan fingerprint density at radius 1 is 0.808 bits per heavy atom. The maximum Gasteiger partial charge on any atom is 0.138 e. The SMILES string of the molecule is C1=CC2c3ncccc3C3(C4=CCC(c5cccc6c7c(oc56)C=CCC7)C=C4Oc4cc(C5=c6oc7ccccc7c6=CCC5)ccc43)C2C=C1. The van der Waals surface area contributed by atoms with Crippen molar-refractivity contribution in [1.82, 2.24) is 4.98 Å². The third-order valence-electron chi connectivity index (χ3n) is 12.6. The summed E-state index contributed by atoms with van der Waals surface area (Å²) in [5, 5.41) is 3.63. The highest BCUT2D eigenvalue weighted by Gasteiger charge is 2.59. The summed E-state index contributed by atoms with van der Waals surface area (Å²) in [5.74, 6) is 3.34. The molecule has 3 aromatic carbocycles. The molecule has 1 aliphatic heterocycles. The minimum atomic E-state index is -0.436. The van der Waals surface area contributed by atoms with Crippen LogP contribution in [0.1, 0.15) is 76.8 Å². The molecule has 0 radical (unpaired) electrons. The molecular formula is C48H35NO3. The second-order valence-electron chi connectivity index (χ2n) is 15.0. The molecule has 4 nitrogen and oxygen atoms in total. The predicted octanol–water partition coefficient (Wildman–Crippen LogP) is 9.82. The standard InChI is InChI=1S/C48H35NO3/c1-4-17-37-36(12-1)45-40(18-9-25-49-45)48(37)38-23-21-28(30-13-7-15-34-32-10-2-5-19-41(32)51-46(30)34)26-43(38)50-44-27-29(22-24-39(44)48)31-14-8-16-35-33-11-3-6-20-42(33)52-47(31)35/h1-2,4-6,8-10,12,14-21,23-27,29,36-37H,3,7,11,13,22H2. The maximum atomic E-state index is 7.18. The number of fused-ring (bicyclic) bond motifs is 15. The molecule has 0 bridgehead atoms. The fraction of sp³-hybridized carbons (Fsp3) is 0.188. The van der Waals surface area contributed by atoms with Crippen LogP contribution in [0.5, 0.6) is 5.75 Å². The summed E-state index contributed by atoms with van der Waals surface area (Å²) in [6.45, 7) is 0. The quantitative estimate of drug-likeness (QED) is 0.184. The number of para-hydroxylation sites is 2. The van der Waals surface area contributed by atoms with Gasteiger partial charge in [0.2, 0.25) is 0 Å². The van der Waals surface area contributed by atoms with Gasteiger partial charge >= 0.3 is 0 Å². The van der Waals surface area contributed by atoms with Crippen molar-refractivity contribution in [2.24, 2.45) is 5.92 Å². The first-order valence-electron chi connectivity index (χ1n) is 18.7. The second-order valence-corrected chi connectivity index (χ2v) is 15.0. The van der Waals surface area contributed by atoms with Crippen molar-refractivity contribution in [3.8, 4) is 5.75 Å². The largest absolute Gasteiger partial charge is 0.457 e. The lowest BCUT2D eigenvalue weighted by Crippen LogP contribution is -2.41. The van der Waals surface area contributed by atoms with E-state index in [9.17, 15) is 0 Å². The van der Waals surface area contributed by atoms with Gasteiger partial charge in [-0.1, -0.05) is 97.1 Å². The minimum absolute atomic E-state index is 0.120. The van der Waals surface area contributed by atoms with Crippen molar-refractivity contribution in [3.63, 3.8) is 0 Å². The molecule has 6 aromatic rings. The van der Waals surface area contributed by atoms with Gasteiger partial charge in [-0.3, -0.25) is 4.98 Å². The molecule has 0 saturated carbocycles. The molecule has 0 saturated heterocycles. The summed E-state index contributed by atoms with van der Waals surface area (Å²) < 4.78 is 20.3. The molecular weight excluding hydrogens is 639 g/mol. The van der Waals surface area contributed by atoms with E-state index in [1.54, 1.807) is 0 Å². The second kappa shape index (κ2) is 10.6. The average molecular weight is 674 g/mol. The van der Waals surface area contributed by atoms with Gasteiger partial charge in [0.15, 0.2) is 0 Å². The van der Waals surface area contributed by atoms with E-state index in [1.807, 2.05) is 12.3 Å². The van der Waals surface area contributed by atoms with E-state index in [-0.39, 0.29) is 17.8 Å². The van der Waals surface area contributed by atoms with E-state index >= 15 is 0 Å². The van der Waals surface area contributed by atoms with Gasteiger partial charge in [0.1, 0.15) is 33.9 Å². The minimum Gasteiger partial charge on any atom is -0.457 e. The highest BCUT2D eigenvalue weighted by atomic mass is 16.5. The Bertz CT molecular complexity index is 2840. The lowest BCUT2D eigenvalue weighted by molar-refractivity contribution is 0.331. The molecule has 4 atom stereocenters. The van der Waals surface area contributed by atoms with Gasteiger partial charge in [-0.25, -0.2) is 0 Å². The number of allylic oxidation sites excluding steroid dienone is 8. The number of furan rings is 2. The molecule has 0 fully saturated rings. The Morgan fingerprint density at radius 3 is 2.75 bits per heavy atom. The van der Waals surface area contributed by atoms with Gasteiger partial charge in [-0.2, -0.15) is 0 Å². The molecule has 3 aromatic heterocycles. The number of pyridine rings is 1. The molecule has 52 heavy (non-hydrogen) atoms. The highest BCUT2D eigenvalue weighted by Crippen LogP contribution is 2.64. The molecule has 250 valence electrons. The molecule has 0 N–H and O–H groups in total. The highest BCUT2D eigenvalue weighted by molar-refractivity contribution is 5.88. The third-order valence-corrected chi connectivity index (χ3v) is 12.6. The zero-order valence-electron chi connectivity index (χ0n) is 28.6. The number of rotatable bonds is 2. The van der Waals surface area contributed by atoms with E-state index < -0.39 is 5.41 Å². The normalized spacial score (nSPS) is 24.7. The zero-order valence-corrected chi connectivity index (χ0v) is 28.6. The topological polar surface area (TPSA) is 48.4 Å². The first-order valence-corrected chi connectivity index (χ1v) is 18.7. The average Bonchev–Trinajstić information content (AvgIpc) is 3.87. The zero-order chi connectivity index (χ0) is 34.0. The molecule has 4 heteroatoms. The maximum absolute atomic E-state index is 7.18. The lowest BCUT2D eigenvalue weighted by atomic mass is 9.59. The van der Waals surface area contributed by atoms with Crippen molar-refractivity contribution < 1.29 is 13.6 Å². The first-order chi connectivity index (χ1) is 25.8.